The first-order chi connectivity index (χ1) is 13.3. The molecule has 1 heterocycles. The molecule has 2 bridgehead atoms. The van der Waals surface area contributed by atoms with E-state index in [1.807, 2.05) is 7.05 Å². The van der Waals surface area contributed by atoms with E-state index in [4.69, 9.17) is 11.5 Å². The normalized spacial score (nSPS) is 34.1. The van der Waals surface area contributed by atoms with E-state index in [0.29, 0.717) is 23.7 Å². The lowest BCUT2D eigenvalue weighted by molar-refractivity contribution is -0.151. The van der Waals surface area contributed by atoms with E-state index >= 15 is 0 Å². The Morgan fingerprint density at radius 3 is 2.25 bits per heavy atom. The van der Waals surface area contributed by atoms with E-state index in [-0.39, 0.29) is 29.5 Å². The number of thiazole rings is 1. The first-order valence-electron chi connectivity index (χ1n) is 9.64. The van der Waals surface area contributed by atoms with Gasteiger partial charge in [0, 0.05) is 18.7 Å². The van der Waals surface area contributed by atoms with Crippen molar-refractivity contribution in [2.24, 2.45) is 39.5 Å². The average molecular weight is 403 g/mol. The highest BCUT2D eigenvalue weighted by atomic mass is 32.1. The summed E-state index contributed by atoms with van der Waals surface area (Å²) in [7, 11) is 1.82. The monoisotopic (exact) mass is 402 g/mol. The van der Waals surface area contributed by atoms with E-state index in [1.54, 1.807) is 5.38 Å². The second-order valence-corrected chi connectivity index (χ2v) is 9.40. The van der Waals surface area contributed by atoms with Crippen LogP contribution in [0.5, 0.6) is 0 Å². The molecule has 0 unspecified atom stereocenters. The Bertz CT molecular complexity index is 890. The van der Waals surface area contributed by atoms with Crippen LogP contribution in [0.1, 0.15) is 41.7 Å². The molecule has 3 aliphatic carbocycles. The van der Waals surface area contributed by atoms with Gasteiger partial charge in [-0.25, -0.2) is 4.98 Å². The first kappa shape index (κ1) is 19.3. The van der Waals surface area contributed by atoms with Crippen molar-refractivity contribution in [3.05, 3.63) is 28.2 Å². The second-order valence-electron chi connectivity index (χ2n) is 8.46. The van der Waals surface area contributed by atoms with Crippen LogP contribution in [0.25, 0.3) is 0 Å². The quantitative estimate of drug-likeness (QED) is 0.442. The molecule has 8 heteroatoms. The SMILES string of the molecule is CNCC[C@@]1(C(N)=O)[C@@H]2C=C[C@@H](C23CC3)[C@@]1(Cc1nc(C(C)=O)cs1)C(N)=O. The van der Waals surface area contributed by atoms with Crippen LogP contribution in [0.15, 0.2) is 17.5 Å². The third-order valence-corrected chi connectivity index (χ3v) is 8.26. The molecule has 2 fully saturated rings. The lowest BCUT2D eigenvalue weighted by Gasteiger charge is -2.47. The summed E-state index contributed by atoms with van der Waals surface area (Å²) >= 11 is 1.33. The number of nitrogens with zero attached hydrogens (tertiary/aromatic N) is 1. The minimum absolute atomic E-state index is 0.0874. The van der Waals surface area contributed by atoms with Crippen LogP contribution in [-0.4, -0.2) is 36.2 Å². The third kappa shape index (κ3) is 2.18. The molecule has 7 nitrogen and oxygen atoms in total. The number of ketones is 1. The Hall–Kier alpha value is -2.06. The van der Waals surface area contributed by atoms with Gasteiger partial charge >= 0.3 is 0 Å². The molecule has 1 spiro atoms. The summed E-state index contributed by atoms with van der Waals surface area (Å²) in [6.45, 7) is 2.02. The standard InChI is InChI=1S/C20H26N4O3S/c1-11(25)12-10-28-15(24-12)9-20(17(22)27)14-4-3-13(18(14)5-6-18)19(20,16(21)26)7-8-23-2/h3-4,10,13-14,23H,5-9H2,1-2H3,(H2,21,26)(H2,22,27)/t13-,14+,19+,20+/m1/s1. The minimum Gasteiger partial charge on any atom is -0.369 e. The van der Waals surface area contributed by atoms with Gasteiger partial charge in [0.2, 0.25) is 11.8 Å². The zero-order chi connectivity index (χ0) is 20.3. The fourth-order valence-electron chi connectivity index (χ4n) is 6.15. The summed E-state index contributed by atoms with van der Waals surface area (Å²) in [4.78, 5) is 42.3. The number of carbonyl (C=O) groups is 3. The zero-order valence-electron chi connectivity index (χ0n) is 16.2. The third-order valence-electron chi connectivity index (χ3n) is 7.41. The predicted molar refractivity (Wildman–Crippen MR) is 105 cm³/mol. The van der Waals surface area contributed by atoms with Crippen molar-refractivity contribution >= 4 is 28.9 Å². The van der Waals surface area contributed by atoms with Crippen LogP contribution >= 0.6 is 11.3 Å². The number of nitrogens with two attached hydrogens (primary N) is 2. The number of hydrogen-bond donors (Lipinski definition) is 3. The van der Waals surface area contributed by atoms with Crippen molar-refractivity contribution in [1.82, 2.24) is 10.3 Å². The highest BCUT2D eigenvalue weighted by Crippen LogP contribution is 2.81. The molecule has 4 atom stereocenters. The molecular weight excluding hydrogens is 376 g/mol. The summed E-state index contributed by atoms with van der Waals surface area (Å²) in [5.41, 5.74) is 10.2. The van der Waals surface area contributed by atoms with Crippen LogP contribution in [0.2, 0.25) is 0 Å². The summed E-state index contributed by atoms with van der Waals surface area (Å²) in [6, 6.07) is 0. The Labute approximate surface area is 168 Å². The number of allylic oxidation sites excluding steroid dienone is 2. The number of nitrogens with one attached hydrogen (secondary N) is 1. The molecule has 0 aliphatic heterocycles. The van der Waals surface area contributed by atoms with E-state index in [2.05, 4.69) is 22.5 Å². The van der Waals surface area contributed by atoms with Gasteiger partial charge in [0.15, 0.2) is 5.78 Å². The molecule has 2 amide bonds. The predicted octanol–water partition coefficient (Wildman–Crippen LogP) is 1.04. The molecule has 5 N–H and O–H groups in total. The highest BCUT2D eigenvalue weighted by molar-refractivity contribution is 7.09. The van der Waals surface area contributed by atoms with Gasteiger partial charge in [-0.15, -0.1) is 11.3 Å². The summed E-state index contributed by atoms with van der Waals surface area (Å²) in [5.74, 6) is -1.30. The van der Waals surface area contributed by atoms with Crippen LogP contribution in [0.3, 0.4) is 0 Å². The van der Waals surface area contributed by atoms with Crippen LogP contribution in [-0.2, 0) is 16.0 Å². The van der Waals surface area contributed by atoms with Crippen LogP contribution in [0, 0.1) is 28.1 Å². The molecule has 0 radical (unpaired) electrons. The van der Waals surface area contributed by atoms with Crippen molar-refractivity contribution in [2.75, 3.05) is 13.6 Å². The van der Waals surface area contributed by atoms with Crippen molar-refractivity contribution < 1.29 is 14.4 Å². The molecule has 3 aliphatic rings. The van der Waals surface area contributed by atoms with Gasteiger partial charge in [-0.2, -0.15) is 0 Å². The Morgan fingerprint density at radius 1 is 1.18 bits per heavy atom. The Kier molecular flexibility index (Phi) is 4.28. The maximum Gasteiger partial charge on any atom is 0.225 e. The molecule has 28 heavy (non-hydrogen) atoms. The summed E-state index contributed by atoms with van der Waals surface area (Å²) in [6.07, 6.45) is 6.77. The van der Waals surface area contributed by atoms with Crippen LogP contribution < -0.4 is 16.8 Å². The second kappa shape index (κ2) is 6.22. The van der Waals surface area contributed by atoms with E-state index in [1.165, 1.54) is 18.3 Å². The maximum absolute atomic E-state index is 13.1. The van der Waals surface area contributed by atoms with Gasteiger partial charge in [0.1, 0.15) is 5.69 Å². The number of Topliss-reactive ketones (excluding diaryl/α,β-unsaturated/α-hetero) is 1. The van der Waals surface area contributed by atoms with Gasteiger partial charge in [-0.1, -0.05) is 12.2 Å². The zero-order valence-corrected chi connectivity index (χ0v) is 17.0. The molecule has 0 saturated heterocycles. The van der Waals surface area contributed by atoms with Gasteiger partial charge in [-0.3, -0.25) is 14.4 Å². The summed E-state index contributed by atoms with van der Waals surface area (Å²) in [5, 5.41) is 5.44. The molecule has 1 aromatic rings. The Balaban J connectivity index is 1.88. The number of aromatic nitrogens is 1. The maximum atomic E-state index is 13.1. The fraction of sp³-hybridized carbons (Fsp3) is 0.600. The minimum atomic E-state index is -1.13. The lowest BCUT2D eigenvalue weighted by Crippen LogP contribution is -2.61. The van der Waals surface area contributed by atoms with E-state index < -0.39 is 22.6 Å². The lowest BCUT2D eigenvalue weighted by atomic mass is 9.54. The molecular formula is C20H26N4O3S. The van der Waals surface area contributed by atoms with Crippen LogP contribution in [0.4, 0.5) is 0 Å². The molecule has 150 valence electrons. The molecule has 1 aromatic heterocycles. The summed E-state index contributed by atoms with van der Waals surface area (Å²) < 4.78 is 0. The van der Waals surface area contributed by atoms with Gasteiger partial charge < -0.3 is 16.8 Å². The largest absolute Gasteiger partial charge is 0.369 e. The van der Waals surface area contributed by atoms with Crippen molar-refractivity contribution in [3.63, 3.8) is 0 Å². The van der Waals surface area contributed by atoms with Gasteiger partial charge in [0.25, 0.3) is 0 Å². The van der Waals surface area contributed by atoms with Gasteiger partial charge in [-0.05, 0) is 50.1 Å². The molecule has 4 rings (SSSR count). The number of amides is 2. The van der Waals surface area contributed by atoms with Gasteiger partial charge in [0.05, 0.1) is 15.8 Å². The number of carbonyl (C=O) groups excluding carboxylic acids is 3. The smallest absolute Gasteiger partial charge is 0.225 e. The highest BCUT2D eigenvalue weighted by Gasteiger charge is 2.82. The van der Waals surface area contributed by atoms with Crippen molar-refractivity contribution in [1.29, 1.82) is 0 Å². The fourth-order valence-corrected chi connectivity index (χ4v) is 7.08. The average Bonchev–Trinajstić information content (AvgIpc) is 3.05. The first-order valence-corrected chi connectivity index (χ1v) is 10.5. The van der Waals surface area contributed by atoms with Crippen molar-refractivity contribution in [2.45, 2.75) is 32.6 Å². The number of primary amides is 2. The number of rotatable bonds is 8. The van der Waals surface area contributed by atoms with Crippen molar-refractivity contribution in [3.8, 4) is 0 Å². The number of hydrogen-bond acceptors (Lipinski definition) is 6. The molecule has 2 saturated carbocycles. The Morgan fingerprint density at radius 2 is 1.79 bits per heavy atom. The topological polar surface area (TPSA) is 128 Å². The molecule has 0 aromatic carbocycles. The van der Waals surface area contributed by atoms with E-state index in [9.17, 15) is 14.4 Å². The van der Waals surface area contributed by atoms with E-state index in [0.717, 1.165) is 12.8 Å².